The van der Waals surface area contributed by atoms with Crippen LogP contribution in [-0.4, -0.2) is 18.2 Å². The molecule has 0 aromatic carbocycles. The Morgan fingerprint density at radius 1 is 1.29 bits per heavy atom. The Labute approximate surface area is 83.4 Å². The molecule has 2 aliphatic rings. The van der Waals surface area contributed by atoms with Crippen molar-refractivity contribution in [1.82, 2.24) is 0 Å². The van der Waals surface area contributed by atoms with Gasteiger partial charge >= 0.3 is 0 Å². The summed E-state index contributed by atoms with van der Waals surface area (Å²) in [5.74, 6) is 0.352. The van der Waals surface area contributed by atoms with Crippen LogP contribution in [0.2, 0.25) is 0 Å². The first-order valence-corrected chi connectivity index (χ1v) is 5.00. The molecule has 1 aliphatic heterocycles. The summed E-state index contributed by atoms with van der Waals surface area (Å²) in [5, 5.41) is 0. The van der Waals surface area contributed by atoms with E-state index >= 15 is 0 Å². The summed E-state index contributed by atoms with van der Waals surface area (Å²) in [6, 6.07) is 0. The molecular formula is C11H14O3. The Hall–Kier alpha value is -1.09. The lowest BCUT2D eigenvalue weighted by Crippen LogP contribution is -2.27. The van der Waals surface area contributed by atoms with Crippen LogP contribution in [0.1, 0.15) is 25.7 Å². The van der Waals surface area contributed by atoms with Crippen molar-refractivity contribution in [2.75, 3.05) is 0 Å². The highest BCUT2D eigenvalue weighted by molar-refractivity contribution is 5.79. The molecule has 0 radical (unpaired) electrons. The van der Waals surface area contributed by atoms with Crippen LogP contribution in [0.5, 0.6) is 0 Å². The van der Waals surface area contributed by atoms with Crippen molar-refractivity contribution in [3.8, 4) is 0 Å². The van der Waals surface area contributed by atoms with Crippen LogP contribution >= 0.6 is 0 Å². The zero-order valence-corrected chi connectivity index (χ0v) is 8.02. The second-order valence-corrected chi connectivity index (χ2v) is 3.59. The second kappa shape index (κ2) is 4.42. The van der Waals surface area contributed by atoms with Crippen molar-refractivity contribution in [2.24, 2.45) is 0 Å². The molecule has 1 fully saturated rings. The van der Waals surface area contributed by atoms with E-state index in [9.17, 15) is 4.79 Å². The molecule has 76 valence electrons. The number of hydrogen-bond donors (Lipinski definition) is 0. The quantitative estimate of drug-likeness (QED) is 0.674. The van der Waals surface area contributed by atoms with Gasteiger partial charge in [0.2, 0.25) is 6.29 Å². The summed E-state index contributed by atoms with van der Waals surface area (Å²) in [6.07, 6.45) is 10.1. The van der Waals surface area contributed by atoms with E-state index in [-0.39, 0.29) is 12.4 Å². The van der Waals surface area contributed by atoms with Gasteiger partial charge in [0.25, 0.3) is 0 Å². The largest absolute Gasteiger partial charge is 0.469 e. The van der Waals surface area contributed by atoms with Gasteiger partial charge in [0.1, 0.15) is 5.78 Å². The first-order valence-electron chi connectivity index (χ1n) is 5.00. The van der Waals surface area contributed by atoms with Crippen molar-refractivity contribution < 1.29 is 14.3 Å². The van der Waals surface area contributed by atoms with Crippen LogP contribution in [0, 0.1) is 0 Å². The fraction of sp³-hybridized carbons (Fsp3) is 0.545. The van der Waals surface area contributed by atoms with Crippen LogP contribution in [0.25, 0.3) is 0 Å². The number of carbonyl (C=O) groups excluding carboxylic acids is 1. The van der Waals surface area contributed by atoms with Gasteiger partial charge in [-0.05, 0) is 25.0 Å². The third kappa shape index (κ3) is 2.45. The molecule has 0 amide bonds. The number of hydrogen-bond acceptors (Lipinski definition) is 3. The number of ketones is 1. The summed E-state index contributed by atoms with van der Waals surface area (Å²) in [4.78, 5) is 11.0. The maximum Gasteiger partial charge on any atom is 0.219 e. The maximum atomic E-state index is 11.0. The minimum Gasteiger partial charge on any atom is -0.469 e. The minimum absolute atomic E-state index is 0.175. The van der Waals surface area contributed by atoms with Crippen molar-refractivity contribution in [3.63, 3.8) is 0 Å². The Balaban J connectivity index is 1.77. The molecule has 1 unspecified atom stereocenters. The van der Waals surface area contributed by atoms with Gasteiger partial charge in [-0.2, -0.15) is 0 Å². The predicted octanol–water partition coefficient (Wildman–Crippen LogP) is 1.94. The van der Waals surface area contributed by atoms with Gasteiger partial charge in [-0.15, -0.1) is 0 Å². The molecule has 0 spiro atoms. The molecule has 1 saturated carbocycles. The molecule has 1 heterocycles. The molecule has 1 atom stereocenters. The van der Waals surface area contributed by atoms with Gasteiger partial charge in [0.05, 0.1) is 12.4 Å². The molecule has 3 nitrogen and oxygen atoms in total. The fourth-order valence-electron chi connectivity index (χ4n) is 1.68. The monoisotopic (exact) mass is 194 g/mol. The molecule has 3 heteroatoms. The Kier molecular flexibility index (Phi) is 2.99. The number of allylic oxidation sites excluding steroid dienone is 2. The van der Waals surface area contributed by atoms with Crippen molar-refractivity contribution >= 4 is 5.78 Å². The smallest absolute Gasteiger partial charge is 0.219 e. The molecule has 0 saturated heterocycles. The Morgan fingerprint density at radius 2 is 2.07 bits per heavy atom. The highest BCUT2D eigenvalue weighted by atomic mass is 16.7. The zero-order valence-electron chi connectivity index (χ0n) is 8.02. The third-order valence-electron chi connectivity index (χ3n) is 2.49. The van der Waals surface area contributed by atoms with E-state index in [4.69, 9.17) is 9.47 Å². The Morgan fingerprint density at radius 3 is 2.71 bits per heavy atom. The van der Waals surface area contributed by atoms with E-state index in [0.29, 0.717) is 18.6 Å². The van der Waals surface area contributed by atoms with E-state index in [1.54, 1.807) is 6.26 Å². The van der Waals surface area contributed by atoms with E-state index in [0.717, 1.165) is 12.8 Å². The maximum absolute atomic E-state index is 11.0. The lowest BCUT2D eigenvalue weighted by molar-refractivity contribution is -0.136. The highest BCUT2D eigenvalue weighted by Gasteiger charge is 2.22. The lowest BCUT2D eigenvalue weighted by atomic mass is 9.96. The summed E-state index contributed by atoms with van der Waals surface area (Å²) in [7, 11) is 0. The van der Waals surface area contributed by atoms with E-state index in [1.807, 2.05) is 18.2 Å². The van der Waals surface area contributed by atoms with E-state index in [2.05, 4.69) is 0 Å². The first-order chi connectivity index (χ1) is 6.84. The second-order valence-electron chi connectivity index (χ2n) is 3.59. The van der Waals surface area contributed by atoms with Crippen LogP contribution in [-0.2, 0) is 14.3 Å². The average molecular weight is 194 g/mol. The van der Waals surface area contributed by atoms with E-state index in [1.165, 1.54) is 0 Å². The van der Waals surface area contributed by atoms with Crippen LogP contribution in [0.4, 0.5) is 0 Å². The molecule has 0 bridgehead atoms. The minimum atomic E-state index is -0.266. The molecule has 2 rings (SSSR count). The van der Waals surface area contributed by atoms with Crippen molar-refractivity contribution in [2.45, 2.75) is 38.1 Å². The van der Waals surface area contributed by atoms with Gasteiger partial charge < -0.3 is 9.47 Å². The van der Waals surface area contributed by atoms with Gasteiger partial charge in [-0.1, -0.05) is 6.08 Å². The van der Waals surface area contributed by atoms with Gasteiger partial charge in [-0.25, -0.2) is 0 Å². The first kappa shape index (κ1) is 9.46. The van der Waals surface area contributed by atoms with Gasteiger partial charge in [0.15, 0.2) is 0 Å². The number of ether oxygens (including phenoxy) is 2. The van der Waals surface area contributed by atoms with Gasteiger partial charge in [0, 0.05) is 12.8 Å². The zero-order chi connectivity index (χ0) is 9.80. The molecule has 0 N–H and O–H groups in total. The number of carbonyl (C=O) groups is 1. The molecule has 14 heavy (non-hydrogen) atoms. The Bertz CT molecular complexity index is 258. The SMILES string of the molecule is O=C1CCC(OC2C=CC=CO2)CC1. The van der Waals surface area contributed by atoms with Crippen LogP contribution in [0.3, 0.4) is 0 Å². The average Bonchev–Trinajstić information content (AvgIpc) is 2.23. The molecule has 1 aliphatic carbocycles. The van der Waals surface area contributed by atoms with E-state index < -0.39 is 0 Å². The molecule has 0 aromatic heterocycles. The summed E-state index contributed by atoms with van der Waals surface area (Å²) in [5.41, 5.74) is 0. The highest BCUT2D eigenvalue weighted by Crippen LogP contribution is 2.20. The summed E-state index contributed by atoms with van der Waals surface area (Å²) < 4.78 is 10.9. The normalized spacial score (nSPS) is 27.7. The number of Topliss-reactive ketones (excluding diaryl/α,β-unsaturated/α-hetero) is 1. The topological polar surface area (TPSA) is 35.5 Å². The molecule has 0 aromatic rings. The number of rotatable bonds is 2. The van der Waals surface area contributed by atoms with Crippen LogP contribution in [0.15, 0.2) is 24.5 Å². The fourth-order valence-corrected chi connectivity index (χ4v) is 1.68. The van der Waals surface area contributed by atoms with Crippen molar-refractivity contribution in [3.05, 3.63) is 24.5 Å². The van der Waals surface area contributed by atoms with Crippen molar-refractivity contribution in [1.29, 1.82) is 0 Å². The summed E-state index contributed by atoms with van der Waals surface area (Å²) in [6.45, 7) is 0. The summed E-state index contributed by atoms with van der Waals surface area (Å²) >= 11 is 0. The third-order valence-corrected chi connectivity index (χ3v) is 2.49. The van der Waals surface area contributed by atoms with Crippen LogP contribution < -0.4 is 0 Å². The van der Waals surface area contributed by atoms with Gasteiger partial charge in [-0.3, -0.25) is 4.79 Å². The lowest BCUT2D eigenvalue weighted by Gasteiger charge is -2.25. The molecular weight excluding hydrogens is 180 g/mol. The standard InChI is InChI=1S/C11H14O3/c12-9-4-6-10(7-5-9)14-11-3-1-2-8-13-11/h1-3,8,10-11H,4-7H2. The predicted molar refractivity (Wildman–Crippen MR) is 51.5 cm³/mol.